The van der Waals surface area contributed by atoms with Crippen molar-refractivity contribution >= 4 is 12.4 Å². The molecule has 72 valence electrons. The molecular formula is C9H11ClFNO. The zero-order chi connectivity index (χ0) is 8.55. The molecule has 0 fully saturated rings. The average Bonchev–Trinajstić information content (AvgIpc) is 2.07. The highest BCUT2D eigenvalue weighted by atomic mass is 35.5. The van der Waals surface area contributed by atoms with Crippen molar-refractivity contribution in [1.82, 2.24) is 0 Å². The maximum absolute atomic E-state index is 13.1. The highest BCUT2D eigenvalue weighted by Crippen LogP contribution is 2.32. The molecule has 1 aromatic rings. The predicted octanol–water partition coefficient (Wildman–Crippen LogP) is 2.03. The van der Waals surface area contributed by atoms with Gasteiger partial charge in [-0.3, -0.25) is 0 Å². The normalized spacial score (nSPS) is 19.7. The third-order valence-electron chi connectivity index (χ3n) is 2.07. The zero-order valence-corrected chi connectivity index (χ0v) is 7.81. The minimum atomic E-state index is -0.317. The van der Waals surface area contributed by atoms with Crippen LogP contribution in [0.2, 0.25) is 0 Å². The maximum atomic E-state index is 13.1. The predicted molar refractivity (Wildman–Crippen MR) is 50.7 cm³/mol. The summed E-state index contributed by atoms with van der Waals surface area (Å²) in [5.41, 5.74) is 6.55. The molecule has 2 rings (SSSR count). The lowest BCUT2D eigenvalue weighted by atomic mass is 10.0. The van der Waals surface area contributed by atoms with E-state index in [2.05, 4.69) is 0 Å². The van der Waals surface area contributed by atoms with Gasteiger partial charge in [0.15, 0.2) is 11.6 Å². The smallest absolute Gasteiger partial charge is 0.165 e. The van der Waals surface area contributed by atoms with Crippen LogP contribution in [0.5, 0.6) is 5.75 Å². The van der Waals surface area contributed by atoms with Crippen LogP contribution in [0, 0.1) is 5.82 Å². The van der Waals surface area contributed by atoms with Crippen LogP contribution < -0.4 is 10.5 Å². The molecule has 1 aliphatic heterocycles. The van der Waals surface area contributed by atoms with Gasteiger partial charge in [-0.05, 0) is 6.07 Å². The summed E-state index contributed by atoms with van der Waals surface area (Å²) < 4.78 is 18.2. The monoisotopic (exact) mass is 203 g/mol. The Bertz CT molecular complexity index is 306. The number of hydrogen-bond acceptors (Lipinski definition) is 2. The molecular weight excluding hydrogens is 193 g/mol. The lowest BCUT2D eigenvalue weighted by molar-refractivity contribution is 0.255. The summed E-state index contributed by atoms with van der Waals surface area (Å²) in [7, 11) is 0. The van der Waals surface area contributed by atoms with Crippen molar-refractivity contribution in [3.63, 3.8) is 0 Å². The van der Waals surface area contributed by atoms with Gasteiger partial charge in [-0.15, -0.1) is 12.4 Å². The fraction of sp³-hybridized carbons (Fsp3) is 0.333. The second-order valence-corrected chi connectivity index (χ2v) is 2.90. The number of fused-ring (bicyclic) bond motifs is 1. The van der Waals surface area contributed by atoms with Crippen LogP contribution in [0.15, 0.2) is 18.2 Å². The third kappa shape index (κ3) is 1.76. The number of rotatable bonds is 0. The fourth-order valence-corrected chi connectivity index (χ4v) is 1.41. The molecule has 0 saturated carbocycles. The molecule has 0 amide bonds. The summed E-state index contributed by atoms with van der Waals surface area (Å²) in [6.07, 6.45) is 0.760. The Morgan fingerprint density at radius 3 is 2.92 bits per heavy atom. The Labute approximate surface area is 82.3 Å². The van der Waals surface area contributed by atoms with Crippen LogP contribution >= 0.6 is 12.4 Å². The number of benzene rings is 1. The van der Waals surface area contributed by atoms with E-state index in [1.807, 2.05) is 6.07 Å². The van der Waals surface area contributed by atoms with Gasteiger partial charge in [0.05, 0.1) is 6.61 Å². The Hall–Kier alpha value is -0.800. The van der Waals surface area contributed by atoms with E-state index in [4.69, 9.17) is 10.5 Å². The highest BCUT2D eigenvalue weighted by molar-refractivity contribution is 5.85. The van der Waals surface area contributed by atoms with Crippen molar-refractivity contribution in [2.45, 2.75) is 12.5 Å². The van der Waals surface area contributed by atoms with E-state index in [0.29, 0.717) is 12.4 Å². The molecule has 2 nitrogen and oxygen atoms in total. The molecule has 4 heteroatoms. The summed E-state index contributed by atoms with van der Waals surface area (Å²) in [5.74, 6) is 0.0129. The van der Waals surface area contributed by atoms with E-state index in [0.717, 1.165) is 12.0 Å². The standard InChI is InChI=1S/C9H10FNO.ClH/c10-7-3-1-2-6-8(11)4-5-12-9(6)7;/h1-3,8H,4-5,11H2;1H. The lowest BCUT2D eigenvalue weighted by Gasteiger charge is -2.22. The molecule has 1 unspecified atom stereocenters. The quantitative estimate of drug-likeness (QED) is 0.700. The van der Waals surface area contributed by atoms with Crippen molar-refractivity contribution in [2.24, 2.45) is 5.73 Å². The van der Waals surface area contributed by atoms with Gasteiger partial charge in [0.25, 0.3) is 0 Å². The summed E-state index contributed by atoms with van der Waals surface area (Å²) in [6.45, 7) is 0.509. The minimum Gasteiger partial charge on any atom is -0.490 e. The Balaban J connectivity index is 0.000000845. The third-order valence-corrected chi connectivity index (χ3v) is 2.07. The zero-order valence-electron chi connectivity index (χ0n) is 7.00. The van der Waals surface area contributed by atoms with Gasteiger partial charge in [0, 0.05) is 18.0 Å². The van der Waals surface area contributed by atoms with Gasteiger partial charge in [-0.1, -0.05) is 12.1 Å². The second-order valence-electron chi connectivity index (χ2n) is 2.90. The van der Waals surface area contributed by atoms with Crippen LogP contribution in [0.1, 0.15) is 18.0 Å². The van der Waals surface area contributed by atoms with Gasteiger partial charge in [0.1, 0.15) is 0 Å². The molecule has 0 radical (unpaired) electrons. The molecule has 1 aromatic carbocycles. The van der Waals surface area contributed by atoms with E-state index >= 15 is 0 Å². The summed E-state index contributed by atoms with van der Waals surface area (Å²) in [4.78, 5) is 0. The lowest BCUT2D eigenvalue weighted by Crippen LogP contribution is -2.21. The maximum Gasteiger partial charge on any atom is 0.165 e. The fourth-order valence-electron chi connectivity index (χ4n) is 1.41. The van der Waals surface area contributed by atoms with E-state index in [1.165, 1.54) is 6.07 Å². The largest absolute Gasteiger partial charge is 0.490 e. The van der Waals surface area contributed by atoms with Crippen molar-refractivity contribution in [3.05, 3.63) is 29.6 Å². The number of para-hydroxylation sites is 1. The topological polar surface area (TPSA) is 35.2 Å². The first kappa shape index (κ1) is 10.3. The highest BCUT2D eigenvalue weighted by Gasteiger charge is 2.20. The van der Waals surface area contributed by atoms with Crippen LogP contribution in [-0.4, -0.2) is 6.61 Å². The molecule has 0 aromatic heterocycles. The molecule has 1 aliphatic rings. The van der Waals surface area contributed by atoms with E-state index in [-0.39, 0.29) is 24.3 Å². The van der Waals surface area contributed by atoms with E-state index in [9.17, 15) is 4.39 Å². The average molecular weight is 204 g/mol. The number of nitrogens with two attached hydrogens (primary N) is 1. The number of hydrogen-bond donors (Lipinski definition) is 1. The molecule has 2 N–H and O–H groups in total. The summed E-state index contributed by atoms with van der Waals surface area (Å²) in [5, 5.41) is 0. The van der Waals surface area contributed by atoms with Crippen molar-refractivity contribution in [2.75, 3.05) is 6.61 Å². The molecule has 0 bridgehead atoms. The van der Waals surface area contributed by atoms with Crippen molar-refractivity contribution < 1.29 is 9.13 Å². The summed E-state index contributed by atoms with van der Waals surface area (Å²) >= 11 is 0. The first-order valence-electron chi connectivity index (χ1n) is 3.96. The molecule has 13 heavy (non-hydrogen) atoms. The van der Waals surface area contributed by atoms with Crippen molar-refractivity contribution in [3.8, 4) is 5.75 Å². The van der Waals surface area contributed by atoms with Crippen LogP contribution in [0.4, 0.5) is 4.39 Å². The molecule has 1 atom stereocenters. The first-order valence-corrected chi connectivity index (χ1v) is 3.96. The van der Waals surface area contributed by atoms with Gasteiger partial charge in [-0.25, -0.2) is 4.39 Å². The molecule has 0 saturated heterocycles. The van der Waals surface area contributed by atoms with Crippen LogP contribution in [0.25, 0.3) is 0 Å². The molecule has 0 spiro atoms. The Morgan fingerprint density at radius 1 is 1.46 bits per heavy atom. The minimum absolute atomic E-state index is 0. The Morgan fingerprint density at radius 2 is 2.23 bits per heavy atom. The van der Waals surface area contributed by atoms with E-state index < -0.39 is 0 Å². The Kier molecular flexibility index (Phi) is 3.12. The number of halogens is 2. The summed E-state index contributed by atoms with van der Waals surface area (Å²) in [6, 6.07) is 4.77. The van der Waals surface area contributed by atoms with Crippen LogP contribution in [-0.2, 0) is 0 Å². The van der Waals surface area contributed by atoms with E-state index in [1.54, 1.807) is 6.07 Å². The second kappa shape index (κ2) is 3.94. The van der Waals surface area contributed by atoms with Gasteiger partial charge in [-0.2, -0.15) is 0 Å². The van der Waals surface area contributed by atoms with Crippen LogP contribution in [0.3, 0.4) is 0 Å². The first-order chi connectivity index (χ1) is 5.79. The molecule has 1 heterocycles. The van der Waals surface area contributed by atoms with Crippen molar-refractivity contribution in [1.29, 1.82) is 0 Å². The SMILES string of the molecule is Cl.NC1CCOc2c(F)cccc21. The number of ether oxygens (including phenoxy) is 1. The van der Waals surface area contributed by atoms with Gasteiger partial charge < -0.3 is 10.5 Å². The van der Waals surface area contributed by atoms with Gasteiger partial charge >= 0.3 is 0 Å². The van der Waals surface area contributed by atoms with Gasteiger partial charge in [0.2, 0.25) is 0 Å². The molecule has 0 aliphatic carbocycles.